The van der Waals surface area contributed by atoms with Crippen molar-refractivity contribution in [2.75, 3.05) is 6.61 Å². The molecule has 0 unspecified atom stereocenters. The first-order valence-electron chi connectivity index (χ1n) is 4.60. The molecule has 1 aromatic rings. The molecule has 0 bridgehead atoms. The summed E-state index contributed by atoms with van der Waals surface area (Å²) >= 11 is 0. The van der Waals surface area contributed by atoms with Crippen LogP contribution in [-0.4, -0.2) is 24.0 Å². The van der Waals surface area contributed by atoms with E-state index in [2.05, 4.69) is 0 Å². The first-order valence-corrected chi connectivity index (χ1v) is 4.60. The number of para-hydroxylation sites is 1. The number of phenolic OH excluding ortho intramolecular Hbond substituents is 1. The highest BCUT2D eigenvalue weighted by atomic mass is 16.5. The van der Waals surface area contributed by atoms with Gasteiger partial charge in [0, 0.05) is 5.56 Å². The Morgan fingerprint density at radius 1 is 1.53 bits per heavy atom. The van der Waals surface area contributed by atoms with Crippen LogP contribution in [0.25, 0.3) is 0 Å². The molecule has 0 aliphatic rings. The maximum absolute atomic E-state index is 11.1. The zero-order chi connectivity index (χ0) is 11.3. The number of carbonyl (C=O) groups excluding carboxylic acids is 2. The molecule has 4 nitrogen and oxygen atoms in total. The number of aromatic hydroxyl groups is 1. The normalized spacial score (nSPS) is 9.67. The first-order chi connectivity index (χ1) is 7.19. The van der Waals surface area contributed by atoms with Crippen LogP contribution in [0.3, 0.4) is 0 Å². The van der Waals surface area contributed by atoms with Crippen molar-refractivity contribution in [1.82, 2.24) is 0 Å². The Bertz CT molecular complexity index is 371. The van der Waals surface area contributed by atoms with Crippen molar-refractivity contribution in [3.63, 3.8) is 0 Å². The molecule has 80 valence electrons. The summed E-state index contributed by atoms with van der Waals surface area (Å²) in [6.45, 7) is 2.01. The Morgan fingerprint density at radius 2 is 2.27 bits per heavy atom. The zero-order valence-electron chi connectivity index (χ0n) is 8.40. The third kappa shape index (κ3) is 2.80. The lowest BCUT2D eigenvalue weighted by Crippen LogP contribution is -2.07. The van der Waals surface area contributed by atoms with Crippen molar-refractivity contribution in [2.24, 2.45) is 0 Å². The minimum Gasteiger partial charge on any atom is -0.507 e. The quantitative estimate of drug-likeness (QED) is 0.598. The molecule has 0 heterocycles. The minimum atomic E-state index is -0.421. The predicted molar refractivity (Wildman–Crippen MR) is 53.8 cm³/mol. The fraction of sp³-hybridized carbons (Fsp3) is 0.273. The SMILES string of the molecule is CCOC(=O)Cc1cccc(C=O)c1O. The number of benzene rings is 1. The number of aldehydes is 1. The molecule has 0 fully saturated rings. The molecule has 1 N–H and O–H groups in total. The Kier molecular flexibility index (Phi) is 3.85. The lowest BCUT2D eigenvalue weighted by Gasteiger charge is -2.05. The van der Waals surface area contributed by atoms with E-state index in [9.17, 15) is 14.7 Å². The molecule has 1 rings (SSSR count). The van der Waals surface area contributed by atoms with Crippen LogP contribution in [0.15, 0.2) is 18.2 Å². The van der Waals surface area contributed by atoms with E-state index in [4.69, 9.17) is 4.74 Å². The van der Waals surface area contributed by atoms with Gasteiger partial charge >= 0.3 is 5.97 Å². The van der Waals surface area contributed by atoms with E-state index in [1.807, 2.05) is 0 Å². The van der Waals surface area contributed by atoms with Crippen molar-refractivity contribution >= 4 is 12.3 Å². The monoisotopic (exact) mass is 208 g/mol. The van der Waals surface area contributed by atoms with E-state index in [1.54, 1.807) is 19.1 Å². The average Bonchev–Trinajstić information content (AvgIpc) is 2.21. The van der Waals surface area contributed by atoms with Gasteiger partial charge in [0.1, 0.15) is 5.75 Å². The fourth-order valence-electron chi connectivity index (χ4n) is 1.22. The van der Waals surface area contributed by atoms with Crippen LogP contribution in [0.2, 0.25) is 0 Å². The molecule has 0 aliphatic carbocycles. The van der Waals surface area contributed by atoms with Gasteiger partial charge in [-0.1, -0.05) is 12.1 Å². The van der Waals surface area contributed by atoms with Crippen LogP contribution in [-0.2, 0) is 16.0 Å². The van der Waals surface area contributed by atoms with Gasteiger partial charge in [0.05, 0.1) is 18.6 Å². The van der Waals surface area contributed by atoms with E-state index in [-0.39, 0.29) is 17.7 Å². The molecule has 15 heavy (non-hydrogen) atoms. The topological polar surface area (TPSA) is 63.6 Å². The Hall–Kier alpha value is -1.84. The summed E-state index contributed by atoms with van der Waals surface area (Å²) in [5.74, 6) is -0.573. The summed E-state index contributed by atoms with van der Waals surface area (Å²) < 4.78 is 4.74. The molecule has 0 saturated heterocycles. The summed E-state index contributed by atoms with van der Waals surface area (Å²) in [5, 5.41) is 9.57. The van der Waals surface area contributed by atoms with E-state index in [1.165, 1.54) is 6.07 Å². The van der Waals surface area contributed by atoms with Crippen molar-refractivity contribution in [3.05, 3.63) is 29.3 Å². The van der Waals surface area contributed by atoms with E-state index < -0.39 is 5.97 Å². The molecule has 0 saturated carbocycles. The van der Waals surface area contributed by atoms with Crippen molar-refractivity contribution < 1.29 is 19.4 Å². The lowest BCUT2D eigenvalue weighted by molar-refractivity contribution is -0.142. The molecule has 0 radical (unpaired) electrons. The van der Waals surface area contributed by atoms with Gasteiger partial charge in [-0.2, -0.15) is 0 Å². The van der Waals surface area contributed by atoms with Crippen LogP contribution in [0.4, 0.5) is 0 Å². The van der Waals surface area contributed by atoms with Crippen LogP contribution in [0.1, 0.15) is 22.8 Å². The van der Waals surface area contributed by atoms with Gasteiger partial charge in [-0.3, -0.25) is 9.59 Å². The highest BCUT2D eigenvalue weighted by Gasteiger charge is 2.10. The first kappa shape index (κ1) is 11.2. The summed E-state index contributed by atoms with van der Waals surface area (Å²) in [7, 11) is 0. The van der Waals surface area contributed by atoms with Crippen LogP contribution < -0.4 is 0 Å². The second-order valence-corrected chi connectivity index (χ2v) is 2.95. The summed E-state index contributed by atoms with van der Waals surface area (Å²) in [4.78, 5) is 21.7. The molecule has 4 heteroatoms. The second kappa shape index (κ2) is 5.14. The van der Waals surface area contributed by atoms with Gasteiger partial charge in [0.2, 0.25) is 0 Å². The van der Waals surface area contributed by atoms with Crippen molar-refractivity contribution in [3.8, 4) is 5.75 Å². The van der Waals surface area contributed by atoms with Gasteiger partial charge in [0.25, 0.3) is 0 Å². The number of esters is 1. The van der Waals surface area contributed by atoms with E-state index in [0.717, 1.165) is 0 Å². The molecule has 1 aromatic carbocycles. The van der Waals surface area contributed by atoms with Crippen molar-refractivity contribution in [2.45, 2.75) is 13.3 Å². The molecular formula is C11H12O4. The molecule has 0 aliphatic heterocycles. The van der Waals surface area contributed by atoms with Crippen LogP contribution in [0, 0.1) is 0 Å². The summed E-state index contributed by atoms with van der Waals surface area (Å²) in [6.07, 6.45) is 0.519. The number of carbonyl (C=O) groups is 2. The lowest BCUT2D eigenvalue weighted by atomic mass is 10.1. The zero-order valence-corrected chi connectivity index (χ0v) is 8.40. The Morgan fingerprint density at radius 3 is 2.87 bits per heavy atom. The van der Waals surface area contributed by atoms with E-state index >= 15 is 0 Å². The van der Waals surface area contributed by atoms with Gasteiger partial charge < -0.3 is 9.84 Å². The second-order valence-electron chi connectivity index (χ2n) is 2.95. The molecular weight excluding hydrogens is 196 g/mol. The average molecular weight is 208 g/mol. The van der Waals surface area contributed by atoms with Gasteiger partial charge in [-0.05, 0) is 13.0 Å². The highest BCUT2D eigenvalue weighted by molar-refractivity contribution is 5.82. The molecule has 0 amide bonds. The number of hydrogen-bond donors (Lipinski definition) is 1. The van der Waals surface area contributed by atoms with Gasteiger partial charge in [0.15, 0.2) is 6.29 Å². The summed E-state index contributed by atoms with van der Waals surface area (Å²) in [6, 6.07) is 4.67. The van der Waals surface area contributed by atoms with E-state index in [0.29, 0.717) is 18.5 Å². The van der Waals surface area contributed by atoms with Crippen LogP contribution in [0.5, 0.6) is 5.75 Å². The highest BCUT2D eigenvalue weighted by Crippen LogP contribution is 2.21. The summed E-state index contributed by atoms with van der Waals surface area (Å²) in [5.41, 5.74) is 0.579. The Labute approximate surface area is 87.5 Å². The predicted octanol–water partition coefficient (Wildman–Crippen LogP) is 1.31. The third-order valence-corrected chi connectivity index (χ3v) is 1.92. The number of phenols is 1. The Balaban J connectivity index is 2.85. The number of hydrogen-bond acceptors (Lipinski definition) is 4. The number of ether oxygens (including phenoxy) is 1. The van der Waals surface area contributed by atoms with Crippen LogP contribution >= 0.6 is 0 Å². The smallest absolute Gasteiger partial charge is 0.310 e. The van der Waals surface area contributed by atoms with Crippen molar-refractivity contribution in [1.29, 1.82) is 0 Å². The van der Waals surface area contributed by atoms with Gasteiger partial charge in [-0.25, -0.2) is 0 Å². The number of rotatable bonds is 4. The molecule has 0 spiro atoms. The fourth-order valence-corrected chi connectivity index (χ4v) is 1.22. The van der Waals surface area contributed by atoms with Gasteiger partial charge in [-0.15, -0.1) is 0 Å². The maximum atomic E-state index is 11.1. The molecule has 0 atom stereocenters. The third-order valence-electron chi connectivity index (χ3n) is 1.92. The largest absolute Gasteiger partial charge is 0.507 e. The minimum absolute atomic E-state index is 0.0264. The molecule has 0 aromatic heterocycles. The standard InChI is InChI=1S/C11H12O4/c1-2-15-10(13)6-8-4-3-5-9(7-12)11(8)14/h3-5,7,14H,2,6H2,1H3. The maximum Gasteiger partial charge on any atom is 0.310 e.